The summed E-state index contributed by atoms with van der Waals surface area (Å²) in [5.41, 5.74) is 4.59. The van der Waals surface area contributed by atoms with Crippen LogP contribution in [0, 0.1) is 0 Å². The number of thiophene rings is 1. The summed E-state index contributed by atoms with van der Waals surface area (Å²) in [7, 11) is 1.69. The van der Waals surface area contributed by atoms with E-state index in [2.05, 4.69) is 29.6 Å². The number of halogens is 1. The van der Waals surface area contributed by atoms with Gasteiger partial charge < -0.3 is 4.74 Å². The molecule has 0 aliphatic carbocycles. The summed E-state index contributed by atoms with van der Waals surface area (Å²) < 4.78 is 5.63. The van der Waals surface area contributed by atoms with Crippen LogP contribution in [-0.2, 0) is 0 Å². The molecule has 3 aromatic carbocycles. The molecule has 5 nitrogen and oxygen atoms in total. The molecule has 1 aliphatic rings. The van der Waals surface area contributed by atoms with Crippen molar-refractivity contribution in [3.05, 3.63) is 106 Å². The normalized spacial score (nSPS) is 15.4. The first kappa shape index (κ1) is 21.8. The molecule has 0 N–H and O–H groups in total. The van der Waals surface area contributed by atoms with Crippen LogP contribution >= 0.6 is 22.9 Å². The van der Waals surface area contributed by atoms with E-state index in [4.69, 9.17) is 31.4 Å². The Bertz CT molecular complexity index is 1540. The highest BCUT2D eigenvalue weighted by Gasteiger charge is 2.33. The molecule has 7 heteroatoms. The van der Waals surface area contributed by atoms with Gasteiger partial charge in [0.2, 0.25) is 5.95 Å². The average Bonchev–Trinajstić information content (AvgIpc) is 3.59. The quantitative estimate of drug-likeness (QED) is 0.255. The lowest BCUT2D eigenvalue weighted by atomic mass is 10.0. The fourth-order valence-electron chi connectivity index (χ4n) is 4.45. The predicted molar refractivity (Wildman–Crippen MR) is 144 cm³/mol. The van der Waals surface area contributed by atoms with Crippen molar-refractivity contribution in [2.24, 2.45) is 5.10 Å². The maximum atomic E-state index is 6.35. The Hall–Kier alpha value is -3.74. The number of hydrogen-bond donors (Lipinski definition) is 0. The molecule has 1 aliphatic heterocycles. The van der Waals surface area contributed by atoms with Crippen molar-refractivity contribution >= 4 is 45.5 Å². The van der Waals surface area contributed by atoms with E-state index in [1.54, 1.807) is 18.4 Å². The van der Waals surface area contributed by atoms with E-state index in [-0.39, 0.29) is 6.04 Å². The second-order valence-corrected chi connectivity index (χ2v) is 9.64. The third kappa shape index (κ3) is 4.05. The third-order valence-corrected chi connectivity index (χ3v) is 7.31. The van der Waals surface area contributed by atoms with Crippen LogP contribution in [0.1, 0.15) is 22.9 Å². The maximum absolute atomic E-state index is 6.35. The van der Waals surface area contributed by atoms with Crippen molar-refractivity contribution in [3.63, 3.8) is 0 Å². The summed E-state index contributed by atoms with van der Waals surface area (Å²) in [4.78, 5) is 11.2. The van der Waals surface area contributed by atoms with Gasteiger partial charge in [-0.3, -0.25) is 0 Å². The van der Waals surface area contributed by atoms with Gasteiger partial charge in [0.05, 0.1) is 30.1 Å². The van der Waals surface area contributed by atoms with Crippen LogP contribution in [0.2, 0.25) is 5.02 Å². The Kier molecular flexibility index (Phi) is 5.68. The highest BCUT2D eigenvalue weighted by Crippen LogP contribution is 2.40. The summed E-state index contributed by atoms with van der Waals surface area (Å²) >= 11 is 8.07. The van der Waals surface area contributed by atoms with Gasteiger partial charge in [0.15, 0.2) is 0 Å². The molecular weight excluding hydrogens is 476 g/mol. The number of ether oxygens (including phenoxy) is 1. The number of hydrogen-bond acceptors (Lipinski definition) is 6. The molecule has 0 saturated heterocycles. The number of rotatable bonds is 5. The predicted octanol–water partition coefficient (Wildman–Crippen LogP) is 7.38. The zero-order valence-corrected chi connectivity index (χ0v) is 20.5. The zero-order chi connectivity index (χ0) is 23.8. The Morgan fingerprint density at radius 1 is 0.943 bits per heavy atom. The number of fused-ring (bicyclic) bond motifs is 1. The van der Waals surface area contributed by atoms with E-state index < -0.39 is 0 Å². The monoisotopic (exact) mass is 496 g/mol. The fourth-order valence-corrected chi connectivity index (χ4v) is 5.43. The van der Waals surface area contributed by atoms with Gasteiger partial charge in [-0.05, 0) is 41.8 Å². The summed E-state index contributed by atoms with van der Waals surface area (Å²) in [6, 6.07) is 28.0. The van der Waals surface area contributed by atoms with Crippen LogP contribution in [-0.4, -0.2) is 22.8 Å². The minimum absolute atomic E-state index is 0.0108. The van der Waals surface area contributed by atoms with Gasteiger partial charge in [-0.25, -0.2) is 15.0 Å². The Balaban J connectivity index is 1.54. The lowest BCUT2D eigenvalue weighted by Gasteiger charge is -2.21. The number of para-hydroxylation sites is 1. The Morgan fingerprint density at radius 3 is 2.57 bits per heavy atom. The van der Waals surface area contributed by atoms with Crippen molar-refractivity contribution in [1.29, 1.82) is 0 Å². The molecule has 0 bridgehead atoms. The minimum Gasteiger partial charge on any atom is -0.496 e. The molecule has 6 rings (SSSR count). The number of aromatic nitrogens is 2. The molecule has 0 unspecified atom stereocenters. The Labute approximate surface area is 212 Å². The van der Waals surface area contributed by atoms with Gasteiger partial charge in [0.25, 0.3) is 0 Å². The third-order valence-electron chi connectivity index (χ3n) is 6.10. The van der Waals surface area contributed by atoms with Gasteiger partial charge >= 0.3 is 0 Å². The summed E-state index contributed by atoms with van der Waals surface area (Å²) in [5, 5.41) is 10.7. The van der Waals surface area contributed by atoms with Gasteiger partial charge in [-0.15, -0.1) is 11.3 Å². The van der Waals surface area contributed by atoms with Crippen molar-refractivity contribution < 1.29 is 4.74 Å². The van der Waals surface area contributed by atoms with Crippen molar-refractivity contribution in [3.8, 4) is 17.0 Å². The van der Waals surface area contributed by atoms with Gasteiger partial charge in [-0.1, -0.05) is 60.1 Å². The van der Waals surface area contributed by atoms with Crippen molar-refractivity contribution in [1.82, 2.24) is 9.97 Å². The molecule has 0 fully saturated rings. The molecule has 3 heterocycles. The summed E-state index contributed by atoms with van der Waals surface area (Å²) in [6.45, 7) is 0. The van der Waals surface area contributed by atoms with Crippen LogP contribution in [0.15, 0.2) is 95.4 Å². The minimum atomic E-state index is -0.0108. The highest BCUT2D eigenvalue weighted by atomic mass is 35.5. The molecule has 1 atom stereocenters. The molecule has 0 radical (unpaired) electrons. The van der Waals surface area contributed by atoms with E-state index in [9.17, 15) is 0 Å². The van der Waals surface area contributed by atoms with E-state index >= 15 is 0 Å². The first-order chi connectivity index (χ1) is 17.2. The lowest BCUT2D eigenvalue weighted by molar-refractivity contribution is 0.414. The number of nitrogens with zero attached hydrogens (tertiary/aromatic N) is 4. The van der Waals surface area contributed by atoms with Crippen LogP contribution < -0.4 is 9.75 Å². The number of methoxy groups -OCH3 is 1. The van der Waals surface area contributed by atoms with Gasteiger partial charge in [0, 0.05) is 32.8 Å². The van der Waals surface area contributed by atoms with Gasteiger partial charge in [-0.2, -0.15) is 5.10 Å². The van der Waals surface area contributed by atoms with Crippen LogP contribution in [0.3, 0.4) is 0 Å². The van der Waals surface area contributed by atoms with E-state index in [1.165, 1.54) is 4.88 Å². The van der Waals surface area contributed by atoms with Crippen LogP contribution in [0.5, 0.6) is 5.75 Å². The Morgan fingerprint density at radius 2 is 1.77 bits per heavy atom. The fraction of sp³-hybridized carbons (Fsp3) is 0.107. The van der Waals surface area contributed by atoms with Crippen molar-refractivity contribution in [2.45, 2.75) is 12.5 Å². The first-order valence-corrected chi connectivity index (χ1v) is 12.5. The van der Waals surface area contributed by atoms with E-state index in [1.807, 2.05) is 65.7 Å². The lowest BCUT2D eigenvalue weighted by Crippen LogP contribution is -2.20. The smallest absolute Gasteiger partial charge is 0.247 e. The van der Waals surface area contributed by atoms with Crippen molar-refractivity contribution in [2.75, 3.05) is 12.1 Å². The second-order valence-electron chi connectivity index (χ2n) is 8.23. The van der Waals surface area contributed by atoms with Gasteiger partial charge in [0.1, 0.15) is 5.75 Å². The molecule has 2 aromatic heterocycles. The first-order valence-electron chi connectivity index (χ1n) is 11.3. The summed E-state index contributed by atoms with van der Waals surface area (Å²) in [5.74, 6) is 1.36. The molecule has 0 spiro atoms. The summed E-state index contributed by atoms with van der Waals surface area (Å²) in [6.07, 6.45) is 0.726. The molecule has 172 valence electrons. The van der Waals surface area contributed by atoms with E-state index in [0.29, 0.717) is 11.0 Å². The zero-order valence-electron chi connectivity index (χ0n) is 18.9. The average molecular weight is 497 g/mol. The van der Waals surface area contributed by atoms with Crippen LogP contribution in [0.4, 0.5) is 5.95 Å². The molecule has 5 aromatic rings. The highest BCUT2D eigenvalue weighted by molar-refractivity contribution is 7.10. The van der Waals surface area contributed by atoms with Crippen LogP contribution in [0.25, 0.3) is 22.2 Å². The standard InChI is InChI=1S/C28H21ClN4OS/c1-34-25-11-6-5-10-20(25)23-17-24(26-12-7-15-35-26)33(32-23)28-30-22-14-13-19(29)16-21(22)27(31-28)18-8-3-2-4-9-18/h2-16,24H,17H2,1H3/t24-/m1/s1. The maximum Gasteiger partial charge on any atom is 0.247 e. The number of benzene rings is 3. The molecular formula is C28H21ClN4OS. The molecule has 0 amide bonds. The number of anilines is 1. The second kappa shape index (κ2) is 9.13. The SMILES string of the molecule is COc1ccccc1C1=NN(c2nc(-c3ccccc3)c3cc(Cl)ccc3n2)[C@@H](c2cccs2)C1. The van der Waals surface area contributed by atoms with E-state index in [0.717, 1.165) is 45.6 Å². The topological polar surface area (TPSA) is 50.6 Å². The number of hydrazone groups is 1. The largest absolute Gasteiger partial charge is 0.496 e. The molecule has 0 saturated carbocycles. The molecule has 35 heavy (non-hydrogen) atoms.